The van der Waals surface area contributed by atoms with E-state index >= 15 is 0 Å². The van der Waals surface area contributed by atoms with Gasteiger partial charge in [-0.3, -0.25) is 19.4 Å². The number of piperazine rings is 1. The zero-order valence-electron chi connectivity index (χ0n) is 13.1. The van der Waals surface area contributed by atoms with Crippen LogP contribution in [-0.2, 0) is 14.3 Å². The Kier molecular flexibility index (Phi) is 4.37. The van der Waals surface area contributed by atoms with E-state index in [0.717, 1.165) is 0 Å². The van der Waals surface area contributed by atoms with Crippen LogP contribution in [0.25, 0.3) is 11.0 Å². The van der Waals surface area contributed by atoms with Gasteiger partial charge in [0.15, 0.2) is 0 Å². The van der Waals surface area contributed by atoms with Crippen LogP contribution in [0.1, 0.15) is 16.9 Å². The molecule has 0 spiro atoms. The van der Waals surface area contributed by atoms with E-state index in [2.05, 4.69) is 20.0 Å². The molecule has 1 aliphatic rings. The molecule has 2 amide bonds. The number of carbonyl (C=O) groups is 3. The van der Waals surface area contributed by atoms with Gasteiger partial charge >= 0.3 is 5.97 Å². The summed E-state index contributed by atoms with van der Waals surface area (Å²) in [6, 6.07) is 6.28. The third kappa shape index (κ3) is 3.03. The number of fused-ring (bicyclic) bond motifs is 1. The van der Waals surface area contributed by atoms with E-state index < -0.39 is 17.9 Å². The van der Waals surface area contributed by atoms with E-state index in [1.54, 1.807) is 18.2 Å². The standard InChI is InChI=1S/C16H16N4O4/c1-24-14(21)8-13-15(22)17-6-7-20(13)16(23)12-9-18-10-4-2-3-5-11(10)19-12/h2-5,9,13H,6-8H2,1H3,(H,17,22)/t13-/m0/s1. The van der Waals surface area contributed by atoms with Crippen LogP contribution >= 0.6 is 0 Å². The first-order valence-corrected chi connectivity index (χ1v) is 7.47. The SMILES string of the molecule is COC(=O)C[C@H]1C(=O)NCCN1C(=O)c1cnc2ccccc2n1. The number of hydrogen-bond acceptors (Lipinski definition) is 6. The quantitative estimate of drug-likeness (QED) is 0.804. The molecule has 0 unspecified atom stereocenters. The number of nitrogens with one attached hydrogen (secondary N) is 1. The Bertz CT molecular complexity index is 808. The van der Waals surface area contributed by atoms with Crippen LogP contribution in [0.3, 0.4) is 0 Å². The summed E-state index contributed by atoms with van der Waals surface area (Å²) in [6.45, 7) is 0.615. The molecule has 1 fully saturated rings. The van der Waals surface area contributed by atoms with Crippen molar-refractivity contribution in [3.8, 4) is 0 Å². The number of rotatable bonds is 3. The molecule has 8 heteroatoms. The Morgan fingerprint density at radius 1 is 1.33 bits per heavy atom. The zero-order valence-corrected chi connectivity index (χ0v) is 13.1. The van der Waals surface area contributed by atoms with Crippen LogP contribution in [-0.4, -0.2) is 58.9 Å². The van der Waals surface area contributed by atoms with Crippen molar-refractivity contribution in [3.05, 3.63) is 36.2 Å². The van der Waals surface area contributed by atoms with Crippen LogP contribution in [0, 0.1) is 0 Å². The van der Waals surface area contributed by atoms with Gasteiger partial charge in [-0.05, 0) is 12.1 Å². The summed E-state index contributed by atoms with van der Waals surface area (Å²) in [4.78, 5) is 46.2. The van der Waals surface area contributed by atoms with Crippen molar-refractivity contribution in [1.82, 2.24) is 20.2 Å². The van der Waals surface area contributed by atoms with E-state index in [4.69, 9.17) is 0 Å². The lowest BCUT2D eigenvalue weighted by Crippen LogP contribution is -2.58. The number of esters is 1. The molecule has 1 saturated heterocycles. The molecular formula is C16H16N4O4. The maximum atomic E-state index is 12.8. The number of para-hydroxylation sites is 2. The van der Waals surface area contributed by atoms with Crippen molar-refractivity contribution >= 4 is 28.8 Å². The first-order valence-electron chi connectivity index (χ1n) is 7.47. The van der Waals surface area contributed by atoms with E-state index in [-0.39, 0.29) is 18.0 Å². The molecule has 1 aromatic heterocycles. The van der Waals surface area contributed by atoms with Gasteiger partial charge in [-0.15, -0.1) is 0 Å². The predicted octanol–water partition coefficient (Wildman–Crippen LogP) is 0.134. The molecule has 2 heterocycles. The van der Waals surface area contributed by atoms with Gasteiger partial charge < -0.3 is 15.0 Å². The Labute approximate surface area is 137 Å². The number of amides is 2. The van der Waals surface area contributed by atoms with Gasteiger partial charge in [0, 0.05) is 13.1 Å². The average molecular weight is 328 g/mol. The number of aromatic nitrogens is 2. The maximum Gasteiger partial charge on any atom is 0.308 e. The molecule has 0 radical (unpaired) electrons. The van der Waals surface area contributed by atoms with Crippen LogP contribution in [0.2, 0.25) is 0 Å². The molecule has 124 valence electrons. The van der Waals surface area contributed by atoms with Crippen molar-refractivity contribution < 1.29 is 19.1 Å². The number of carbonyl (C=O) groups excluding carboxylic acids is 3. The molecule has 1 atom stereocenters. The van der Waals surface area contributed by atoms with Gasteiger partial charge in [0.25, 0.3) is 5.91 Å². The summed E-state index contributed by atoms with van der Waals surface area (Å²) in [5.74, 6) is -1.37. The lowest BCUT2D eigenvalue weighted by atomic mass is 10.1. The average Bonchev–Trinajstić information content (AvgIpc) is 2.62. The van der Waals surface area contributed by atoms with E-state index in [9.17, 15) is 14.4 Å². The molecule has 1 aliphatic heterocycles. The zero-order chi connectivity index (χ0) is 17.1. The highest BCUT2D eigenvalue weighted by atomic mass is 16.5. The number of hydrogen-bond donors (Lipinski definition) is 1. The first kappa shape index (κ1) is 15.9. The van der Waals surface area contributed by atoms with Crippen LogP contribution in [0.4, 0.5) is 0 Å². The fraction of sp³-hybridized carbons (Fsp3) is 0.312. The van der Waals surface area contributed by atoms with E-state index in [0.29, 0.717) is 24.1 Å². The number of methoxy groups -OCH3 is 1. The highest BCUT2D eigenvalue weighted by Gasteiger charge is 2.36. The minimum Gasteiger partial charge on any atom is -0.469 e. The summed E-state index contributed by atoms with van der Waals surface area (Å²) in [6.07, 6.45) is 1.18. The molecule has 1 N–H and O–H groups in total. The normalized spacial score (nSPS) is 17.5. The fourth-order valence-electron chi connectivity index (χ4n) is 2.61. The largest absolute Gasteiger partial charge is 0.469 e. The number of benzene rings is 1. The van der Waals surface area contributed by atoms with E-state index in [1.807, 2.05) is 6.07 Å². The van der Waals surface area contributed by atoms with Gasteiger partial charge in [-0.25, -0.2) is 4.98 Å². The Balaban J connectivity index is 1.89. The van der Waals surface area contributed by atoms with Gasteiger partial charge in [0.1, 0.15) is 11.7 Å². The minimum atomic E-state index is -0.910. The van der Waals surface area contributed by atoms with Crippen LogP contribution < -0.4 is 5.32 Å². The minimum absolute atomic E-state index is 0.137. The predicted molar refractivity (Wildman–Crippen MR) is 84.0 cm³/mol. The van der Waals surface area contributed by atoms with E-state index in [1.165, 1.54) is 18.2 Å². The topological polar surface area (TPSA) is 101 Å². The van der Waals surface area contributed by atoms with Crippen molar-refractivity contribution in [2.45, 2.75) is 12.5 Å². The second-order valence-corrected chi connectivity index (χ2v) is 5.33. The molecule has 1 aromatic carbocycles. The molecule has 8 nitrogen and oxygen atoms in total. The van der Waals surface area contributed by atoms with Gasteiger partial charge in [-0.1, -0.05) is 12.1 Å². The number of nitrogens with zero attached hydrogens (tertiary/aromatic N) is 3. The molecule has 0 aliphatic carbocycles. The van der Waals surface area contributed by atoms with Crippen molar-refractivity contribution in [1.29, 1.82) is 0 Å². The highest BCUT2D eigenvalue weighted by molar-refractivity contribution is 5.98. The third-order valence-electron chi connectivity index (χ3n) is 3.85. The summed E-state index contributed by atoms with van der Waals surface area (Å²) < 4.78 is 4.61. The van der Waals surface area contributed by atoms with Crippen molar-refractivity contribution in [3.63, 3.8) is 0 Å². The second-order valence-electron chi connectivity index (χ2n) is 5.33. The molecule has 3 rings (SSSR count). The summed E-state index contributed by atoms with van der Waals surface area (Å²) in [5, 5.41) is 2.65. The Hall–Kier alpha value is -3.03. The Morgan fingerprint density at radius 2 is 2.08 bits per heavy atom. The van der Waals surface area contributed by atoms with Crippen LogP contribution in [0.5, 0.6) is 0 Å². The molecule has 0 saturated carbocycles. The highest BCUT2D eigenvalue weighted by Crippen LogP contribution is 2.15. The van der Waals surface area contributed by atoms with Crippen LogP contribution in [0.15, 0.2) is 30.5 Å². The molecule has 24 heavy (non-hydrogen) atoms. The lowest BCUT2D eigenvalue weighted by Gasteiger charge is -2.34. The second kappa shape index (κ2) is 6.61. The monoisotopic (exact) mass is 328 g/mol. The Morgan fingerprint density at radius 3 is 2.83 bits per heavy atom. The maximum absolute atomic E-state index is 12.8. The lowest BCUT2D eigenvalue weighted by molar-refractivity contribution is -0.145. The van der Waals surface area contributed by atoms with Gasteiger partial charge in [-0.2, -0.15) is 0 Å². The van der Waals surface area contributed by atoms with Gasteiger partial charge in [0.2, 0.25) is 5.91 Å². The van der Waals surface area contributed by atoms with Crippen molar-refractivity contribution in [2.75, 3.05) is 20.2 Å². The smallest absolute Gasteiger partial charge is 0.308 e. The summed E-state index contributed by atoms with van der Waals surface area (Å²) >= 11 is 0. The molecular weight excluding hydrogens is 312 g/mol. The van der Waals surface area contributed by atoms with Gasteiger partial charge in [0.05, 0.1) is 30.8 Å². The molecule has 0 bridgehead atoms. The third-order valence-corrected chi connectivity index (χ3v) is 3.85. The summed E-state index contributed by atoms with van der Waals surface area (Å²) in [5.41, 5.74) is 1.41. The first-order chi connectivity index (χ1) is 11.6. The number of ether oxygens (including phenoxy) is 1. The van der Waals surface area contributed by atoms with Crippen molar-refractivity contribution in [2.24, 2.45) is 0 Å². The summed E-state index contributed by atoms with van der Waals surface area (Å²) in [7, 11) is 1.24. The fourth-order valence-corrected chi connectivity index (χ4v) is 2.61. The molecule has 2 aromatic rings.